The van der Waals surface area contributed by atoms with Crippen LogP contribution >= 0.6 is 0 Å². The van der Waals surface area contributed by atoms with Gasteiger partial charge < -0.3 is 30.1 Å². The number of aromatic nitrogens is 2. The van der Waals surface area contributed by atoms with E-state index in [1.807, 2.05) is 30.1 Å². The lowest BCUT2D eigenvalue weighted by Gasteiger charge is -2.31. The quantitative estimate of drug-likeness (QED) is 0.311. The molecule has 1 saturated heterocycles. The maximum absolute atomic E-state index is 13.5. The highest BCUT2D eigenvalue weighted by molar-refractivity contribution is 6.27. The minimum atomic E-state index is -1.82. The number of carboxylic acids is 2. The zero-order valence-corrected chi connectivity index (χ0v) is 22.1. The van der Waals surface area contributed by atoms with Crippen LogP contribution in [0.5, 0.6) is 5.75 Å². The first kappa shape index (κ1) is 29.8. The van der Waals surface area contributed by atoms with E-state index < -0.39 is 23.7 Å². The summed E-state index contributed by atoms with van der Waals surface area (Å²) in [5, 5.41) is 21.9. The Labute approximate surface area is 229 Å². The molecule has 0 saturated carbocycles. The molecule has 4 N–H and O–H groups in total. The van der Waals surface area contributed by atoms with Gasteiger partial charge in [-0.15, -0.1) is 0 Å². The van der Waals surface area contributed by atoms with Crippen molar-refractivity contribution in [2.24, 2.45) is 7.05 Å². The molecule has 0 atom stereocenters. The van der Waals surface area contributed by atoms with E-state index in [1.165, 1.54) is 23.1 Å². The van der Waals surface area contributed by atoms with E-state index in [0.717, 1.165) is 44.0 Å². The zero-order valence-electron chi connectivity index (χ0n) is 22.1. The number of piperazine rings is 1. The maximum Gasteiger partial charge on any atom is 0.414 e. The predicted molar refractivity (Wildman–Crippen MR) is 142 cm³/mol. The predicted octanol–water partition coefficient (Wildman–Crippen LogP) is 0.760. The van der Waals surface area contributed by atoms with Gasteiger partial charge in [0.05, 0.1) is 31.9 Å². The molecule has 212 valence electrons. The number of aliphatic carboxylic acids is 2. The van der Waals surface area contributed by atoms with Gasteiger partial charge in [-0.1, -0.05) is 6.07 Å². The summed E-state index contributed by atoms with van der Waals surface area (Å²) in [6, 6.07) is 12.9. The fourth-order valence-electron chi connectivity index (χ4n) is 4.10. The molecular formula is C27H31FN5O7+. The molecule has 0 unspecified atom stereocenters. The summed E-state index contributed by atoms with van der Waals surface area (Å²) in [6.45, 7) is 6.31. The molecule has 1 aliphatic rings. The number of carbonyl (C=O) groups is 4. The molecule has 2 heterocycles. The van der Waals surface area contributed by atoms with Crippen molar-refractivity contribution in [1.82, 2.24) is 14.7 Å². The van der Waals surface area contributed by atoms with Crippen LogP contribution in [0.2, 0.25) is 0 Å². The summed E-state index contributed by atoms with van der Waals surface area (Å²) in [5.41, 5.74) is 2.46. The molecule has 1 aliphatic heterocycles. The van der Waals surface area contributed by atoms with Crippen molar-refractivity contribution in [3.05, 3.63) is 66.1 Å². The highest BCUT2D eigenvalue weighted by Gasteiger charge is 2.21. The molecule has 3 aromatic rings. The van der Waals surface area contributed by atoms with E-state index in [1.54, 1.807) is 29.9 Å². The van der Waals surface area contributed by atoms with E-state index >= 15 is 0 Å². The Hall–Kier alpha value is -4.78. The van der Waals surface area contributed by atoms with Crippen LogP contribution in [0.15, 0.2) is 54.7 Å². The molecule has 2 aromatic carbocycles. The zero-order chi connectivity index (χ0) is 29.2. The molecule has 12 nitrogen and oxygen atoms in total. The van der Waals surface area contributed by atoms with Crippen molar-refractivity contribution in [2.45, 2.75) is 6.92 Å². The normalized spacial score (nSPS) is 13.1. The van der Waals surface area contributed by atoms with Crippen LogP contribution in [0, 0.1) is 5.82 Å². The summed E-state index contributed by atoms with van der Waals surface area (Å²) < 4.78 is 21.4. The largest absolute Gasteiger partial charge is 0.487 e. The van der Waals surface area contributed by atoms with Crippen LogP contribution < -0.4 is 15.0 Å². The Morgan fingerprint density at radius 3 is 2.33 bits per heavy atom. The first-order valence-corrected chi connectivity index (χ1v) is 12.4. The van der Waals surface area contributed by atoms with Gasteiger partial charge in [0.25, 0.3) is 5.91 Å². The number of carboxylic acid groups (broad SMARTS) is 2. The average molecular weight is 557 g/mol. The van der Waals surface area contributed by atoms with Gasteiger partial charge in [-0.25, -0.2) is 14.0 Å². The summed E-state index contributed by atoms with van der Waals surface area (Å²) in [4.78, 5) is 45.6. The number of quaternary nitrogens is 1. The second kappa shape index (κ2) is 13.8. The first-order chi connectivity index (χ1) is 19.0. The van der Waals surface area contributed by atoms with Gasteiger partial charge in [0.1, 0.15) is 24.7 Å². The lowest BCUT2D eigenvalue weighted by atomic mass is 10.1. The Morgan fingerprint density at radius 2 is 1.75 bits per heavy atom. The van der Waals surface area contributed by atoms with E-state index in [0.29, 0.717) is 18.0 Å². The number of rotatable bonds is 7. The lowest BCUT2D eigenvalue weighted by molar-refractivity contribution is -0.904. The van der Waals surface area contributed by atoms with Crippen LogP contribution in [0.1, 0.15) is 17.3 Å². The Balaban J connectivity index is 0.000000663. The first-order valence-electron chi connectivity index (χ1n) is 12.4. The fraction of sp³-hybridized carbons (Fsp3) is 0.296. The Morgan fingerprint density at radius 1 is 1.05 bits per heavy atom. The van der Waals surface area contributed by atoms with Crippen LogP contribution in [-0.2, 0) is 21.4 Å². The van der Waals surface area contributed by atoms with Crippen molar-refractivity contribution in [2.75, 3.05) is 44.6 Å². The number of amides is 2. The highest BCUT2D eigenvalue weighted by Crippen LogP contribution is 2.32. The van der Waals surface area contributed by atoms with Gasteiger partial charge >= 0.3 is 11.9 Å². The highest BCUT2D eigenvalue weighted by atomic mass is 19.1. The number of hydrogen-bond acceptors (Lipinski definition) is 6. The third-order valence-corrected chi connectivity index (χ3v) is 6.23. The number of aryl methyl sites for hydroxylation is 1. The molecule has 0 spiro atoms. The molecule has 0 radical (unpaired) electrons. The molecule has 1 fully saturated rings. The van der Waals surface area contributed by atoms with Crippen LogP contribution in [0.3, 0.4) is 0 Å². The minimum Gasteiger partial charge on any atom is -0.487 e. The van der Waals surface area contributed by atoms with Crippen LogP contribution in [-0.4, -0.2) is 88.0 Å². The van der Waals surface area contributed by atoms with Crippen LogP contribution in [0.4, 0.5) is 10.1 Å². The molecule has 1 aromatic heterocycles. The van der Waals surface area contributed by atoms with Crippen LogP contribution in [0.25, 0.3) is 11.3 Å². The fourth-order valence-corrected chi connectivity index (χ4v) is 4.10. The second-order valence-corrected chi connectivity index (χ2v) is 8.98. The van der Waals surface area contributed by atoms with Gasteiger partial charge in [-0.3, -0.25) is 14.3 Å². The summed E-state index contributed by atoms with van der Waals surface area (Å²) in [5.74, 6) is -3.69. The van der Waals surface area contributed by atoms with Gasteiger partial charge in [-0.2, -0.15) is 5.10 Å². The van der Waals surface area contributed by atoms with Gasteiger partial charge in [0.15, 0.2) is 0 Å². The monoisotopic (exact) mass is 556 g/mol. The van der Waals surface area contributed by atoms with Crippen molar-refractivity contribution < 1.29 is 43.4 Å². The maximum atomic E-state index is 13.5. The minimum absolute atomic E-state index is 0.126. The number of nitrogens with zero attached hydrogens (tertiary/aromatic N) is 3. The third kappa shape index (κ3) is 8.36. The average Bonchev–Trinajstić information content (AvgIpc) is 3.35. The summed E-state index contributed by atoms with van der Waals surface area (Å²) in [6.07, 6.45) is 1.70. The van der Waals surface area contributed by atoms with Crippen molar-refractivity contribution in [3.8, 4) is 17.0 Å². The van der Waals surface area contributed by atoms with Crippen molar-refractivity contribution in [1.29, 1.82) is 0 Å². The number of ether oxygens (including phenoxy) is 1. The Bertz CT molecular complexity index is 1360. The standard InChI is InChI=1S/C25H28FN5O3.C2H2O4/c1-18(32)31-12-10-30(11-13-31)14-15-34-24-7-6-21(17-22(24)23-8-9-27-29(23)2)28-25(33)19-4-3-5-20(26)16-19;3-1(4)2(5)6/h3-9,16-17H,10-15H2,1-2H3,(H,28,33);(H,3,4)(H,5,6)/p+1. The molecule has 13 heteroatoms. The number of carbonyl (C=O) groups excluding carboxylic acids is 2. The SMILES string of the molecule is CC(=O)N1CC[NH+](CCOc2ccc(NC(=O)c3cccc(F)c3)cc2-c2ccnn2C)CC1.O=C(O)C(=O)O. The van der Waals surface area contributed by atoms with Crippen molar-refractivity contribution >= 4 is 29.4 Å². The van der Waals surface area contributed by atoms with Crippen molar-refractivity contribution in [3.63, 3.8) is 0 Å². The Kier molecular flexibility index (Phi) is 10.3. The number of anilines is 1. The molecule has 0 aliphatic carbocycles. The van der Waals surface area contributed by atoms with E-state index in [-0.39, 0.29) is 11.5 Å². The van der Waals surface area contributed by atoms with Gasteiger partial charge in [0.2, 0.25) is 5.91 Å². The summed E-state index contributed by atoms with van der Waals surface area (Å²) in [7, 11) is 1.84. The lowest BCUT2D eigenvalue weighted by Crippen LogP contribution is -3.15. The number of benzene rings is 2. The third-order valence-electron chi connectivity index (χ3n) is 6.23. The van der Waals surface area contributed by atoms with E-state index in [4.69, 9.17) is 24.5 Å². The van der Waals surface area contributed by atoms with Gasteiger partial charge in [0, 0.05) is 37.0 Å². The second-order valence-electron chi connectivity index (χ2n) is 8.98. The van der Waals surface area contributed by atoms with E-state index in [9.17, 15) is 14.0 Å². The molecular weight excluding hydrogens is 525 g/mol. The number of hydrogen-bond donors (Lipinski definition) is 4. The van der Waals surface area contributed by atoms with E-state index in [2.05, 4.69) is 10.4 Å². The summed E-state index contributed by atoms with van der Waals surface area (Å²) >= 11 is 0. The molecule has 4 rings (SSSR count). The molecule has 2 amide bonds. The smallest absolute Gasteiger partial charge is 0.414 e. The number of halogens is 1. The number of nitrogens with one attached hydrogen (secondary N) is 2. The molecule has 40 heavy (non-hydrogen) atoms. The topological polar surface area (TPSA) is 156 Å². The van der Waals surface area contributed by atoms with Gasteiger partial charge in [-0.05, 0) is 42.5 Å². The molecule has 0 bridgehead atoms.